The zero-order valence-corrected chi connectivity index (χ0v) is 22.3. The van der Waals surface area contributed by atoms with E-state index in [1.54, 1.807) is 19.1 Å². The first-order valence-electron chi connectivity index (χ1n) is 12.0. The van der Waals surface area contributed by atoms with Crippen LogP contribution >= 0.6 is 0 Å². The highest BCUT2D eigenvalue weighted by molar-refractivity contribution is 7.92. The van der Waals surface area contributed by atoms with E-state index in [4.69, 9.17) is 0 Å². The number of amides is 2. The molecule has 0 saturated carbocycles. The van der Waals surface area contributed by atoms with E-state index in [0.717, 1.165) is 33.1 Å². The largest absolute Gasteiger partial charge is 0.357 e. The molecule has 0 heterocycles. The average Bonchev–Trinajstić information content (AvgIpc) is 2.87. The maximum atomic E-state index is 13.8. The molecule has 3 aromatic carbocycles. The first-order valence-corrected chi connectivity index (χ1v) is 13.4. The SMILES string of the molecule is CC[C@H](C(=O)NC)N(Cc1cccc(C)c1)C(=O)CN(c1ccc(F)cc1)S(=O)(=O)c1ccc(C)cc1. The summed E-state index contributed by atoms with van der Waals surface area (Å²) in [6, 6.07) is 17.9. The molecular weight excluding hydrogens is 493 g/mol. The van der Waals surface area contributed by atoms with Crippen LogP contribution in [0.25, 0.3) is 0 Å². The van der Waals surface area contributed by atoms with Gasteiger partial charge >= 0.3 is 0 Å². The molecule has 0 bridgehead atoms. The van der Waals surface area contributed by atoms with Crippen molar-refractivity contribution in [1.29, 1.82) is 0 Å². The number of hydrogen-bond acceptors (Lipinski definition) is 4. The Morgan fingerprint density at radius 1 is 0.946 bits per heavy atom. The van der Waals surface area contributed by atoms with E-state index in [-0.39, 0.29) is 23.0 Å². The maximum Gasteiger partial charge on any atom is 0.264 e. The van der Waals surface area contributed by atoms with Crippen molar-refractivity contribution in [3.8, 4) is 0 Å². The van der Waals surface area contributed by atoms with Gasteiger partial charge in [0.25, 0.3) is 10.0 Å². The van der Waals surface area contributed by atoms with Crippen molar-refractivity contribution in [2.75, 3.05) is 17.9 Å². The molecule has 1 atom stereocenters. The van der Waals surface area contributed by atoms with Crippen LogP contribution in [0, 0.1) is 19.7 Å². The highest BCUT2D eigenvalue weighted by atomic mass is 32.2. The maximum absolute atomic E-state index is 13.8. The Morgan fingerprint density at radius 2 is 1.59 bits per heavy atom. The molecular formula is C28H32FN3O4S. The standard InChI is InChI=1S/C28H32FN3O4S/c1-5-26(28(34)30-4)31(18-22-8-6-7-21(3)17-22)27(33)19-32(24-13-11-23(29)12-14-24)37(35,36)25-15-9-20(2)10-16-25/h6-17,26H,5,18-19H2,1-4H3,(H,30,34)/t26-/m1/s1. The van der Waals surface area contributed by atoms with Crippen LogP contribution in [0.15, 0.2) is 77.7 Å². The average molecular weight is 526 g/mol. The number of rotatable bonds is 10. The van der Waals surface area contributed by atoms with Crippen LogP contribution < -0.4 is 9.62 Å². The van der Waals surface area contributed by atoms with Gasteiger partial charge in [-0.05, 0) is 62.2 Å². The van der Waals surface area contributed by atoms with Gasteiger partial charge in [-0.1, -0.05) is 54.4 Å². The summed E-state index contributed by atoms with van der Waals surface area (Å²) < 4.78 is 42.0. The number of sulfonamides is 1. The normalized spacial score (nSPS) is 12.0. The Hall–Kier alpha value is -3.72. The van der Waals surface area contributed by atoms with Crippen LogP contribution in [0.3, 0.4) is 0 Å². The van der Waals surface area contributed by atoms with Crippen molar-refractivity contribution in [3.63, 3.8) is 0 Å². The molecule has 0 aliphatic rings. The number of carbonyl (C=O) groups is 2. The Balaban J connectivity index is 2.05. The van der Waals surface area contributed by atoms with Crippen LogP contribution in [-0.2, 0) is 26.2 Å². The quantitative estimate of drug-likeness (QED) is 0.430. The predicted octanol–water partition coefficient (Wildman–Crippen LogP) is 4.19. The molecule has 7 nitrogen and oxygen atoms in total. The minimum Gasteiger partial charge on any atom is -0.357 e. The molecule has 0 fully saturated rings. The zero-order valence-electron chi connectivity index (χ0n) is 21.4. The summed E-state index contributed by atoms with van der Waals surface area (Å²) in [5, 5.41) is 2.59. The lowest BCUT2D eigenvalue weighted by molar-refractivity contribution is -0.140. The number of nitrogens with zero attached hydrogens (tertiary/aromatic N) is 2. The molecule has 0 saturated heterocycles. The predicted molar refractivity (Wildman–Crippen MR) is 142 cm³/mol. The van der Waals surface area contributed by atoms with Gasteiger partial charge in [0.2, 0.25) is 11.8 Å². The number of halogens is 1. The van der Waals surface area contributed by atoms with Gasteiger partial charge < -0.3 is 10.2 Å². The Labute approximate surface area is 218 Å². The van der Waals surface area contributed by atoms with E-state index in [1.165, 1.54) is 36.2 Å². The number of likely N-dealkylation sites (N-methyl/N-ethyl adjacent to an activating group) is 1. The van der Waals surface area contributed by atoms with Crippen molar-refractivity contribution in [3.05, 3.63) is 95.3 Å². The first kappa shape index (κ1) is 27.9. The van der Waals surface area contributed by atoms with E-state index in [2.05, 4.69) is 5.32 Å². The monoisotopic (exact) mass is 525 g/mol. The van der Waals surface area contributed by atoms with Crippen LogP contribution in [0.2, 0.25) is 0 Å². The van der Waals surface area contributed by atoms with Crippen molar-refractivity contribution < 1.29 is 22.4 Å². The Morgan fingerprint density at radius 3 is 2.16 bits per heavy atom. The number of hydrogen-bond donors (Lipinski definition) is 1. The van der Waals surface area contributed by atoms with Gasteiger partial charge in [-0.3, -0.25) is 13.9 Å². The van der Waals surface area contributed by atoms with Crippen LogP contribution in [0.5, 0.6) is 0 Å². The van der Waals surface area contributed by atoms with Gasteiger partial charge in [0.05, 0.1) is 10.6 Å². The van der Waals surface area contributed by atoms with Gasteiger partial charge in [-0.15, -0.1) is 0 Å². The summed E-state index contributed by atoms with van der Waals surface area (Å²) in [5.74, 6) is -1.44. The highest BCUT2D eigenvalue weighted by Gasteiger charge is 2.33. The molecule has 3 rings (SSSR count). The van der Waals surface area contributed by atoms with E-state index in [0.29, 0.717) is 6.42 Å². The van der Waals surface area contributed by atoms with E-state index >= 15 is 0 Å². The van der Waals surface area contributed by atoms with Crippen LogP contribution in [0.4, 0.5) is 10.1 Å². The lowest BCUT2D eigenvalue weighted by Gasteiger charge is -2.33. The third kappa shape index (κ3) is 6.74. The van der Waals surface area contributed by atoms with Crippen molar-refractivity contribution in [2.45, 2.75) is 44.7 Å². The topological polar surface area (TPSA) is 86.8 Å². The molecule has 0 spiro atoms. The molecule has 9 heteroatoms. The van der Waals surface area contributed by atoms with Gasteiger partial charge in [-0.25, -0.2) is 12.8 Å². The zero-order chi connectivity index (χ0) is 27.2. The second kappa shape index (κ2) is 12.0. The fourth-order valence-corrected chi connectivity index (χ4v) is 5.48. The molecule has 37 heavy (non-hydrogen) atoms. The molecule has 0 aromatic heterocycles. The molecule has 0 radical (unpaired) electrons. The summed E-state index contributed by atoms with van der Waals surface area (Å²) in [7, 11) is -2.69. The van der Waals surface area contributed by atoms with Crippen molar-refractivity contribution >= 4 is 27.5 Å². The summed E-state index contributed by atoms with van der Waals surface area (Å²) in [4.78, 5) is 27.9. The lowest BCUT2D eigenvalue weighted by atomic mass is 10.1. The number of carbonyl (C=O) groups excluding carboxylic acids is 2. The second-order valence-electron chi connectivity index (χ2n) is 8.85. The van der Waals surface area contributed by atoms with Gasteiger partial charge in [-0.2, -0.15) is 0 Å². The summed E-state index contributed by atoms with van der Waals surface area (Å²) >= 11 is 0. The third-order valence-electron chi connectivity index (χ3n) is 6.07. The lowest BCUT2D eigenvalue weighted by Crippen LogP contribution is -2.51. The molecule has 1 N–H and O–H groups in total. The summed E-state index contributed by atoms with van der Waals surface area (Å²) in [5.41, 5.74) is 2.82. The molecule has 0 aliphatic heterocycles. The number of benzene rings is 3. The molecule has 3 aromatic rings. The fraction of sp³-hybridized carbons (Fsp3) is 0.286. The second-order valence-corrected chi connectivity index (χ2v) is 10.7. The van der Waals surface area contributed by atoms with Gasteiger partial charge in [0, 0.05) is 13.6 Å². The summed E-state index contributed by atoms with van der Waals surface area (Å²) in [6.45, 7) is 5.10. The molecule has 0 aliphatic carbocycles. The molecule has 0 unspecified atom stereocenters. The van der Waals surface area contributed by atoms with Crippen molar-refractivity contribution in [1.82, 2.24) is 10.2 Å². The Kier molecular flexibility index (Phi) is 9.04. The first-order chi connectivity index (χ1) is 17.6. The highest BCUT2D eigenvalue weighted by Crippen LogP contribution is 2.25. The van der Waals surface area contributed by atoms with E-state index in [1.807, 2.05) is 38.1 Å². The van der Waals surface area contributed by atoms with Gasteiger partial charge in [0.1, 0.15) is 18.4 Å². The molecule has 196 valence electrons. The number of aryl methyl sites for hydroxylation is 2. The van der Waals surface area contributed by atoms with Crippen LogP contribution in [-0.4, -0.2) is 44.8 Å². The minimum atomic E-state index is -4.19. The van der Waals surface area contributed by atoms with E-state index in [9.17, 15) is 22.4 Å². The summed E-state index contributed by atoms with van der Waals surface area (Å²) in [6.07, 6.45) is 0.332. The number of anilines is 1. The Bertz CT molecular complexity index is 1340. The van der Waals surface area contributed by atoms with Crippen molar-refractivity contribution in [2.24, 2.45) is 0 Å². The third-order valence-corrected chi connectivity index (χ3v) is 7.86. The van der Waals surface area contributed by atoms with Crippen LogP contribution in [0.1, 0.15) is 30.0 Å². The molecule has 2 amide bonds. The van der Waals surface area contributed by atoms with Gasteiger partial charge in [0.15, 0.2) is 0 Å². The smallest absolute Gasteiger partial charge is 0.264 e. The number of nitrogens with one attached hydrogen (secondary N) is 1. The fourth-order valence-electron chi connectivity index (χ4n) is 4.07. The van der Waals surface area contributed by atoms with E-state index < -0.39 is 34.3 Å². The minimum absolute atomic E-state index is 0.00111.